The van der Waals surface area contributed by atoms with Crippen LogP contribution in [-0.4, -0.2) is 77.3 Å². The fourth-order valence-corrected chi connectivity index (χ4v) is 3.10. The van der Waals surface area contributed by atoms with Gasteiger partial charge in [0.15, 0.2) is 0 Å². The second-order valence-electron chi connectivity index (χ2n) is 6.70. The number of aliphatic carboxylic acids is 2. The van der Waals surface area contributed by atoms with Crippen molar-refractivity contribution in [2.24, 2.45) is 0 Å². The number of carboxylic acid groups (broad SMARTS) is 2. The van der Waals surface area contributed by atoms with Crippen molar-refractivity contribution in [3.05, 3.63) is 53.9 Å². The van der Waals surface area contributed by atoms with Crippen molar-refractivity contribution in [1.82, 2.24) is 14.8 Å². The van der Waals surface area contributed by atoms with Crippen LogP contribution in [0.2, 0.25) is 0 Å². The minimum Gasteiger partial charge on any atom is -0.497 e. The zero-order valence-corrected chi connectivity index (χ0v) is 17.2. The number of aromatic nitrogens is 1. The molecule has 30 heavy (non-hydrogen) atoms. The first-order valence-electron chi connectivity index (χ1n) is 9.43. The van der Waals surface area contributed by atoms with Gasteiger partial charge >= 0.3 is 11.9 Å². The predicted octanol–water partition coefficient (Wildman–Crippen LogP) is 1.57. The first-order chi connectivity index (χ1) is 14.4. The quantitative estimate of drug-likeness (QED) is 0.676. The second kappa shape index (κ2) is 11.7. The van der Waals surface area contributed by atoms with Crippen molar-refractivity contribution in [3.8, 4) is 11.5 Å². The highest BCUT2D eigenvalue weighted by molar-refractivity contribution is 6.27. The van der Waals surface area contributed by atoms with E-state index in [4.69, 9.17) is 29.3 Å². The summed E-state index contributed by atoms with van der Waals surface area (Å²) in [6.07, 6.45) is 3.72. The van der Waals surface area contributed by atoms with Gasteiger partial charge in [0.1, 0.15) is 11.5 Å². The molecule has 0 radical (unpaired) electrons. The molecule has 0 amide bonds. The highest BCUT2D eigenvalue weighted by Crippen LogP contribution is 2.25. The van der Waals surface area contributed by atoms with E-state index in [1.165, 1.54) is 11.1 Å². The maximum Gasteiger partial charge on any atom is 0.414 e. The van der Waals surface area contributed by atoms with E-state index in [0.29, 0.717) is 0 Å². The van der Waals surface area contributed by atoms with Crippen LogP contribution in [0.15, 0.2) is 42.7 Å². The van der Waals surface area contributed by atoms with Gasteiger partial charge in [-0.1, -0.05) is 0 Å². The summed E-state index contributed by atoms with van der Waals surface area (Å²) in [5.41, 5.74) is 2.51. The number of hydrogen-bond donors (Lipinski definition) is 2. The first kappa shape index (κ1) is 23.1. The zero-order chi connectivity index (χ0) is 21.9. The van der Waals surface area contributed by atoms with Gasteiger partial charge in [-0.3, -0.25) is 14.8 Å². The Kier molecular flexibility index (Phi) is 9.04. The molecule has 0 atom stereocenters. The van der Waals surface area contributed by atoms with E-state index < -0.39 is 11.9 Å². The van der Waals surface area contributed by atoms with Gasteiger partial charge in [0.25, 0.3) is 0 Å². The number of pyridine rings is 1. The molecular formula is C21H27N3O6. The lowest BCUT2D eigenvalue weighted by molar-refractivity contribution is -0.159. The molecule has 2 aromatic rings. The fourth-order valence-electron chi connectivity index (χ4n) is 3.10. The van der Waals surface area contributed by atoms with Crippen LogP contribution >= 0.6 is 0 Å². The van der Waals surface area contributed by atoms with Gasteiger partial charge < -0.3 is 19.7 Å². The summed E-state index contributed by atoms with van der Waals surface area (Å²) in [6.45, 7) is 6.17. The molecule has 9 heteroatoms. The molecule has 1 aromatic heterocycles. The normalized spacial score (nSPS) is 14.3. The number of piperazine rings is 1. The third-order valence-electron chi connectivity index (χ3n) is 4.68. The molecule has 3 rings (SSSR count). The van der Waals surface area contributed by atoms with Crippen molar-refractivity contribution in [2.75, 3.05) is 40.4 Å². The standard InChI is InChI=1S/C19H25N3O2.C2H2O4/c1-23-18-3-4-19(24-2)17(13-18)15-22-11-9-21(10-12-22)14-16-5-7-20-8-6-16;3-1(4)2(5)6/h3-8,13H,9-12,14-15H2,1-2H3;(H,3,4)(H,5,6). The van der Waals surface area contributed by atoms with E-state index in [2.05, 4.69) is 33.0 Å². The summed E-state index contributed by atoms with van der Waals surface area (Å²) >= 11 is 0. The minimum atomic E-state index is -1.82. The highest BCUT2D eigenvalue weighted by Gasteiger charge is 2.18. The summed E-state index contributed by atoms with van der Waals surface area (Å²) in [6, 6.07) is 10.2. The number of benzene rings is 1. The summed E-state index contributed by atoms with van der Waals surface area (Å²) in [5.74, 6) is -1.85. The summed E-state index contributed by atoms with van der Waals surface area (Å²) in [5, 5.41) is 14.8. The van der Waals surface area contributed by atoms with Crippen LogP contribution in [0.4, 0.5) is 0 Å². The van der Waals surface area contributed by atoms with Gasteiger partial charge in [-0.2, -0.15) is 0 Å². The molecule has 1 aromatic carbocycles. The Morgan fingerprint density at radius 1 is 0.900 bits per heavy atom. The van der Waals surface area contributed by atoms with Crippen LogP contribution in [0.25, 0.3) is 0 Å². The van der Waals surface area contributed by atoms with Crippen LogP contribution < -0.4 is 9.47 Å². The molecule has 0 saturated carbocycles. The van der Waals surface area contributed by atoms with Gasteiger partial charge in [-0.15, -0.1) is 0 Å². The molecule has 162 valence electrons. The molecule has 9 nitrogen and oxygen atoms in total. The molecule has 0 unspecified atom stereocenters. The fraction of sp³-hybridized carbons (Fsp3) is 0.381. The van der Waals surface area contributed by atoms with Crippen molar-refractivity contribution in [3.63, 3.8) is 0 Å². The number of nitrogens with zero attached hydrogens (tertiary/aromatic N) is 3. The highest BCUT2D eigenvalue weighted by atomic mass is 16.5. The Balaban J connectivity index is 0.000000469. The Morgan fingerprint density at radius 2 is 1.47 bits per heavy atom. The SMILES string of the molecule is COc1ccc(OC)c(CN2CCN(Cc3ccncc3)CC2)c1.O=C(O)C(=O)O. The number of methoxy groups -OCH3 is 2. The minimum absolute atomic E-state index is 0.877. The Labute approximate surface area is 175 Å². The van der Waals surface area contributed by atoms with Gasteiger partial charge in [0.05, 0.1) is 14.2 Å². The molecule has 2 N–H and O–H groups in total. The molecular weight excluding hydrogens is 390 g/mol. The van der Waals surface area contributed by atoms with Gasteiger partial charge in [-0.25, -0.2) is 9.59 Å². The number of rotatable bonds is 6. The smallest absolute Gasteiger partial charge is 0.414 e. The Bertz CT molecular complexity index is 811. The summed E-state index contributed by atoms with van der Waals surface area (Å²) in [4.78, 5) is 27.2. The molecule has 1 saturated heterocycles. The van der Waals surface area contributed by atoms with Gasteiger partial charge in [0.2, 0.25) is 0 Å². The van der Waals surface area contributed by atoms with E-state index in [9.17, 15) is 0 Å². The van der Waals surface area contributed by atoms with E-state index in [1.807, 2.05) is 24.5 Å². The van der Waals surface area contributed by atoms with Crippen molar-refractivity contribution >= 4 is 11.9 Å². The maximum absolute atomic E-state index is 9.10. The van der Waals surface area contributed by atoms with Gasteiger partial charge in [0, 0.05) is 57.2 Å². The Hall–Kier alpha value is -3.17. The summed E-state index contributed by atoms with van der Waals surface area (Å²) in [7, 11) is 3.42. The molecule has 1 fully saturated rings. The van der Waals surface area contributed by atoms with Gasteiger partial charge in [-0.05, 0) is 35.9 Å². The molecule has 1 aliphatic heterocycles. The lowest BCUT2D eigenvalue weighted by Crippen LogP contribution is -2.45. The number of carboxylic acids is 2. The third kappa shape index (κ3) is 7.34. The number of carbonyl (C=O) groups is 2. The molecule has 1 aliphatic rings. The van der Waals surface area contributed by atoms with Crippen LogP contribution in [0, 0.1) is 0 Å². The molecule has 0 bridgehead atoms. The predicted molar refractivity (Wildman–Crippen MR) is 110 cm³/mol. The molecule has 0 aliphatic carbocycles. The van der Waals surface area contributed by atoms with E-state index in [-0.39, 0.29) is 0 Å². The van der Waals surface area contributed by atoms with Crippen molar-refractivity contribution in [1.29, 1.82) is 0 Å². The van der Waals surface area contributed by atoms with E-state index in [1.54, 1.807) is 14.2 Å². The average Bonchev–Trinajstić information content (AvgIpc) is 2.76. The monoisotopic (exact) mass is 417 g/mol. The van der Waals surface area contributed by atoms with Crippen LogP contribution in [0.5, 0.6) is 11.5 Å². The molecule has 0 spiro atoms. The maximum atomic E-state index is 9.10. The first-order valence-corrected chi connectivity index (χ1v) is 9.43. The lowest BCUT2D eigenvalue weighted by Gasteiger charge is -2.35. The van der Waals surface area contributed by atoms with E-state index >= 15 is 0 Å². The second-order valence-corrected chi connectivity index (χ2v) is 6.70. The van der Waals surface area contributed by atoms with E-state index in [0.717, 1.165) is 50.8 Å². The number of ether oxygens (including phenoxy) is 2. The zero-order valence-electron chi connectivity index (χ0n) is 17.2. The van der Waals surface area contributed by atoms with Crippen LogP contribution in [-0.2, 0) is 22.7 Å². The molecule has 2 heterocycles. The average molecular weight is 417 g/mol. The Morgan fingerprint density at radius 3 is 1.97 bits per heavy atom. The van der Waals surface area contributed by atoms with Crippen molar-refractivity contribution < 1.29 is 29.3 Å². The topological polar surface area (TPSA) is 112 Å². The largest absolute Gasteiger partial charge is 0.497 e. The lowest BCUT2D eigenvalue weighted by atomic mass is 10.1. The third-order valence-corrected chi connectivity index (χ3v) is 4.68. The van der Waals surface area contributed by atoms with Crippen molar-refractivity contribution in [2.45, 2.75) is 13.1 Å². The van der Waals surface area contributed by atoms with Crippen LogP contribution in [0.3, 0.4) is 0 Å². The number of hydrogen-bond acceptors (Lipinski definition) is 7. The van der Waals surface area contributed by atoms with Crippen LogP contribution in [0.1, 0.15) is 11.1 Å². The summed E-state index contributed by atoms with van der Waals surface area (Å²) < 4.78 is 10.8.